The highest BCUT2D eigenvalue weighted by Gasteiger charge is 2.23. The van der Waals surface area contributed by atoms with Gasteiger partial charge in [0.25, 0.3) is 0 Å². The largest absolute Gasteiger partial charge is 0.379 e. The molecule has 0 aromatic heterocycles. The summed E-state index contributed by atoms with van der Waals surface area (Å²) in [5.41, 5.74) is 5.56. The van der Waals surface area contributed by atoms with E-state index >= 15 is 0 Å². The smallest absolute Gasteiger partial charge is 0.154 e. The predicted octanol–water partition coefficient (Wildman–Crippen LogP) is 1.61. The number of nitrogens with two attached hydrogens (primary N) is 1. The van der Waals surface area contributed by atoms with Crippen molar-refractivity contribution in [2.45, 2.75) is 38.0 Å². The Morgan fingerprint density at radius 3 is 2.80 bits per heavy atom. The summed E-state index contributed by atoms with van der Waals surface area (Å²) in [7, 11) is 0. The maximum atomic E-state index is 5.56. The zero-order chi connectivity index (χ0) is 7.56. The SMILES string of the molecule is CCCC1N=C(N)SC1C. The molecule has 1 rings (SSSR count). The van der Waals surface area contributed by atoms with Crippen molar-refractivity contribution in [2.75, 3.05) is 0 Å². The van der Waals surface area contributed by atoms with Gasteiger partial charge in [-0.25, -0.2) is 0 Å². The van der Waals surface area contributed by atoms with Crippen molar-refractivity contribution in [3.63, 3.8) is 0 Å². The second-order valence-electron chi connectivity index (χ2n) is 2.65. The van der Waals surface area contributed by atoms with Crippen molar-refractivity contribution in [1.29, 1.82) is 0 Å². The first-order valence-corrected chi connectivity index (χ1v) is 4.62. The molecule has 0 fully saturated rings. The zero-order valence-corrected chi connectivity index (χ0v) is 7.32. The van der Waals surface area contributed by atoms with Crippen LogP contribution >= 0.6 is 11.8 Å². The summed E-state index contributed by atoms with van der Waals surface area (Å²) in [6.07, 6.45) is 2.38. The van der Waals surface area contributed by atoms with E-state index in [9.17, 15) is 0 Å². The van der Waals surface area contributed by atoms with Gasteiger partial charge in [0.2, 0.25) is 0 Å². The molecule has 2 unspecified atom stereocenters. The fourth-order valence-corrected chi connectivity index (χ4v) is 2.09. The van der Waals surface area contributed by atoms with Crippen LogP contribution in [-0.2, 0) is 0 Å². The molecule has 0 aliphatic carbocycles. The number of rotatable bonds is 2. The number of hydrogen-bond acceptors (Lipinski definition) is 3. The third-order valence-corrected chi connectivity index (χ3v) is 2.76. The van der Waals surface area contributed by atoms with E-state index in [4.69, 9.17) is 5.73 Å². The van der Waals surface area contributed by atoms with Crippen LogP contribution in [0.2, 0.25) is 0 Å². The summed E-state index contributed by atoms with van der Waals surface area (Å²) in [5, 5.41) is 1.37. The minimum absolute atomic E-state index is 0.481. The number of nitrogens with zero attached hydrogens (tertiary/aromatic N) is 1. The van der Waals surface area contributed by atoms with E-state index in [1.165, 1.54) is 12.8 Å². The van der Waals surface area contributed by atoms with Gasteiger partial charge < -0.3 is 5.73 Å². The molecule has 0 saturated heterocycles. The van der Waals surface area contributed by atoms with Crippen LogP contribution in [0.4, 0.5) is 0 Å². The lowest BCUT2D eigenvalue weighted by Crippen LogP contribution is -2.12. The van der Waals surface area contributed by atoms with Gasteiger partial charge in [-0.15, -0.1) is 0 Å². The first kappa shape index (κ1) is 7.92. The van der Waals surface area contributed by atoms with Crippen molar-refractivity contribution < 1.29 is 0 Å². The fraction of sp³-hybridized carbons (Fsp3) is 0.857. The molecule has 2 N–H and O–H groups in total. The summed E-state index contributed by atoms with van der Waals surface area (Å²) in [6, 6.07) is 0.481. The van der Waals surface area contributed by atoms with Crippen LogP contribution in [0, 0.1) is 0 Å². The van der Waals surface area contributed by atoms with Gasteiger partial charge in [-0.3, -0.25) is 4.99 Å². The highest BCUT2D eigenvalue weighted by atomic mass is 32.2. The summed E-state index contributed by atoms with van der Waals surface area (Å²) in [5.74, 6) is 0. The molecule has 0 aromatic carbocycles. The third-order valence-electron chi connectivity index (χ3n) is 1.73. The molecule has 2 atom stereocenters. The van der Waals surface area contributed by atoms with Gasteiger partial charge in [0.05, 0.1) is 6.04 Å². The van der Waals surface area contributed by atoms with Crippen LogP contribution in [0.3, 0.4) is 0 Å². The first-order valence-electron chi connectivity index (χ1n) is 3.74. The van der Waals surface area contributed by atoms with Gasteiger partial charge in [0.1, 0.15) is 0 Å². The first-order chi connectivity index (χ1) is 4.74. The average Bonchev–Trinajstić information content (AvgIpc) is 2.13. The highest BCUT2D eigenvalue weighted by Crippen LogP contribution is 2.26. The molecule has 58 valence electrons. The van der Waals surface area contributed by atoms with Crippen molar-refractivity contribution in [3.8, 4) is 0 Å². The van der Waals surface area contributed by atoms with E-state index in [1.54, 1.807) is 11.8 Å². The van der Waals surface area contributed by atoms with Crippen LogP contribution < -0.4 is 5.73 Å². The quantitative estimate of drug-likeness (QED) is 0.663. The predicted molar refractivity (Wildman–Crippen MR) is 47.4 cm³/mol. The van der Waals surface area contributed by atoms with Gasteiger partial charge >= 0.3 is 0 Å². The molecular formula is C7H14N2S. The summed E-state index contributed by atoms with van der Waals surface area (Å²) in [6.45, 7) is 4.37. The molecule has 1 aliphatic rings. The Morgan fingerprint density at radius 1 is 1.70 bits per heavy atom. The van der Waals surface area contributed by atoms with Crippen LogP contribution in [-0.4, -0.2) is 16.5 Å². The molecule has 0 radical (unpaired) electrons. The maximum Gasteiger partial charge on any atom is 0.154 e. The van der Waals surface area contributed by atoms with Gasteiger partial charge in [-0.1, -0.05) is 32.0 Å². The van der Waals surface area contributed by atoms with E-state index in [1.807, 2.05) is 0 Å². The zero-order valence-electron chi connectivity index (χ0n) is 6.50. The number of hydrogen-bond donors (Lipinski definition) is 1. The monoisotopic (exact) mass is 158 g/mol. The molecule has 0 spiro atoms. The Labute approximate surface area is 66.3 Å². The Bertz CT molecular complexity index is 145. The van der Waals surface area contributed by atoms with E-state index < -0.39 is 0 Å². The molecule has 10 heavy (non-hydrogen) atoms. The standard InChI is InChI=1S/C7H14N2S/c1-3-4-6-5(2)10-7(8)9-6/h5-6H,3-4H2,1-2H3,(H2,8,9). The molecular weight excluding hydrogens is 144 g/mol. The second kappa shape index (κ2) is 3.28. The fourth-order valence-electron chi connectivity index (χ4n) is 1.16. The van der Waals surface area contributed by atoms with Crippen molar-refractivity contribution in [2.24, 2.45) is 10.7 Å². The molecule has 1 aliphatic heterocycles. The van der Waals surface area contributed by atoms with Crippen molar-refractivity contribution >= 4 is 16.9 Å². The number of thioether (sulfide) groups is 1. The van der Waals surface area contributed by atoms with Gasteiger partial charge in [0, 0.05) is 5.25 Å². The number of amidine groups is 1. The van der Waals surface area contributed by atoms with Crippen molar-refractivity contribution in [1.82, 2.24) is 0 Å². The van der Waals surface area contributed by atoms with E-state index in [0.717, 1.165) is 5.17 Å². The Hall–Kier alpha value is -0.180. The topological polar surface area (TPSA) is 38.4 Å². The van der Waals surface area contributed by atoms with E-state index in [2.05, 4.69) is 18.8 Å². The van der Waals surface area contributed by atoms with Crippen LogP contribution in [0.25, 0.3) is 0 Å². The third kappa shape index (κ3) is 1.66. The van der Waals surface area contributed by atoms with E-state index in [0.29, 0.717) is 11.3 Å². The average molecular weight is 158 g/mol. The molecule has 0 aromatic rings. The number of aliphatic imine (C=N–C) groups is 1. The minimum atomic E-state index is 0.481. The van der Waals surface area contributed by atoms with Gasteiger partial charge in [-0.2, -0.15) is 0 Å². The lowest BCUT2D eigenvalue weighted by molar-refractivity contribution is 0.609. The van der Waals surface area contributed by atoms with Crippen LogP contribution in [0.1, 0.15) is 26.7 Å². The molecule has 0 amide bonds. The second-order valence-corrected chi connectivity index (χ2v) is 4.04. The maximum absolute atomic E-state index is 5.56. The normalized spacial score (nSPS) is 32.4. The van der Waals surface area contributed by atoms with Crippen molar-refractivity contribution in [3.05, 3.63) is 0 Å². The summed E-state index contributed by atoms with van der Waals surface area (Å²) >= 11 is 1.70. The minimum Gasteiger partial charge on any atom is -0.379 e. The molecule has 0 saturated carbocycles. The molecule has 1 heterocycles. The summed E-state index contributed by atoms with van der Waals surface area (Å²) < 4.78 is 0. The lowest BCUT2D eigenvalue weighted by atomic mass is 10.1. The summed E-state index contributed by atoms with van der Waals surface area (Å²) in [4.78, 5) is 4.32. The Balaban J connectivity index is 2.44. The Kier molecular flexibility index (Phi) is 2.60. The lowest BCUT2D eigenvalue weighted by Gasteiger charge is -2.08. The van der Waals surface area contributed by atoms with Crippen LogP contribution in [0.5, 0.6) is 0 Å². The van der Waals surface area contributed by atoms with Gasteiger partial charge in [-0.05, 0) is 6.42 Å². The van der Waals surface area contributed by atoms with E-state index in [-0.39, 0.29) is 0 Å². The van der Waals surface area contributed by atoms with Gasteiger partial charge in [0.15, 0.2) is 5.17 Å². The Morgan fingerprint density at radius 2 is 2.40 bits per heavy atom. The molecule has 2 nitrogen and oxygen atoms in total. The molecule has 0 bridgehead atoms. The van der Waals surface area contributed by atoms with Crippen LogP contribution in [0.15, 0.2) is 4.99 Å². The highest BCUT2D eigenvalue weighted by molar-refractivity contribution is 8.14. The molecule has 3 heteroatoms.